The first-order valence-electron chi connectivity index (χ1n) is 9.47. The fourth-order valence-corrected chi connectivity index (χ4v) is 3.45. The van der Waals surface area contributed by atoms with Gasteiger partial charge in [-0.3, -0.25) is 4.98 Å². The highest BCUT2D eigenvalue weighted by Gasteiger charge is 2.22. The number of ether oxygens (including phenoxy) is 1. The van der Waals surface area contributed by atoms with E-state index in [0.29, 0.717) is 41.3 Å². The third-order valence-electron chi connectivity index (χ3n) is 5.01. The summed E-state index contributed by atoms with van der Waals surface area (Å²) in [6, 6.07) is 14.0. The summed E-state index contributed by atoms with van der Waals surface area (Å²) in [7, 11) is 0. The number of aromatic nitrogens is 1. The van der Waals surface area contributed by atoms with Crippen LogP contribution in [0.25, 0.3) is 11.1 Å². The van der Waals surface area contributed by atoms with E-state index in [1.807, 2.05) is 13.0 Å². The Labute approximate surface area is 173 Å². The lowest BCUT2D eigenvalue weighted by Gasteiger charge is -2.21. The van der Waals surface area contributed by atoms with Crippen molar-refractivity contribution in [3.8, 4) is 22.9 Å². The van der Waals surface area contributed by atoms with Crippen LogP contribution in [0.15, 0.2) is 54.9 Å². The number of pyridine rings is 1. The SMILES string of the molecule is Cc1ccc(NC(=O)N2CCOc3cccc(C#N)c3C2)cc1-c1cncc(F)c1. The maximum Gasteiger partial charge on any atom is 0.322 e. The minimum atomic E-state index is -0.419. The van der Waals surface area contributed by atoms with Crippen molar-refractivity contribution in [1.29, 1.82) is 5.26 Å². The smallest absolute Gasteiger partial charge is 0.322 e. The van der Waals surface area contributed by atoms with E-state index in [-0.39, 0.29) is 12.6 Å². The Morgan fingerprint density at radius 1 is 1.27 bits per heavy atom. The van der Waals surface area contributed by atoms with Gasteiger partial charge in [-0.25, -0.2) is 9.18 Å². The van der Waals surface area contributed by atoms with E-state index in [0.717, 1.165) is 17.3 Å². The molecule has 7 heteroatoms. The van der Waals surface area contributed by atoms with Gasteiger partial charge in [-0.1, -0.05) is 12.1 Å². The maximum absolute atomic E-state index is 13.6. The number of nitrogens with one attached hydrogen (secondary N) is 1. The molecule has 1 N–H and O–H groups in total. The predicted molar refractivity (Wildman–Crippen MR) is 110 cm³/mol. The summed E-state index contributed by atoms with van der Waals surface area (Å²) in [5.74, 6) is 0.207. The van der Waals surface area contributed by atoms with E-state index in [2.05, 4.69) is 16.4 Å². The lowest BCUT2D eigenvalue weighted by molar-refractivity contribution is 0.200. The summed E-state index contributed by atoms with van der Waals surface area (Å²) in [4.78, 5) is 18.4. The molecule has 0 aliphatic carbocycles. The molecule has 1 aliphatic rings. The molecular formula is C23H19FN4O2. The number of nitrogens with zero attached hydrogens (tertiary/aromatic N) is 3. The predicted octanol–water partition coefficient (Wildman–Crippen LogP) is 4.49. The van der Waals surface area contributed by atoms with Crippen LogP contribution in [0.2, 0.25) is 0 Å². The summed E-state index contributed by atoms with van der Waals surface area (Å²) >= 11 is 0. The van der Waals surface area contributed by atoms with E-state index in [1.165, 1.54) is 6.07 Å². The summed E-state index contributed by atoms with van der Waals surface area (Å²) < 4.78 is 19.3. The molecule has 0 saturated heterocycles. The van der Waals surface area contributed by atoms with Gasteiger partial charge >= 0.3 is 6.03 Å². The highest BCUT2D eigenvalue weighted by atomic mass is 19.1. The van der Waals surface area contributed by atoms with E-state index >= 15 is 0 Å². The zero-order chi connectivity index (χ0) is 21.1. The lowest BCUT2D eigenvalue weighted by Crippen LogP contribution is -2.36. The molecule has 2 heterocycles. The Bertz CT molecular complexity index is 1160. The number of carbonyl (C=O) groups is 1. The van der Waals surface area contributed by atoms with E-state index in [1.54, 1.807) is 41.4 Å². The Morgan fingerprint density at radius 2 is 2.13 bits per heavy atom. The van der Waals surface area contributed by atoms with Crippen molar-refractivity contribution in [1.82, 2.24) is 9.88 Å². The fraction of sp³-hybridized carbons (Fsp3) is 0.174. The zero-order valence-corrected chi connectivity index (χ0v) is 16.4. The minimum Gasteiger partial charge on any atom is -0.491 e. The molecular weight excluding hydrogens is 383 g/mol. The van der Waals surface area contributed by atoms with Gasteiger partial charge in [0.2, 0.25) is 0 Å². The van der Waals surface area contributed by atoms with Gasteiger partial charge in [0.05, 0.1) is 30.9 Å². The quantitative estimate of drug-likeness (QED) is 0.685. The molecule has 0 saturated carbocycles. The molecule has 6 nitrogen and oxygen atoms in total. The molecule has 30 heavy (non-hydrogen) atoms. The van der Waals surface area contributed by atoms with Crippen LogP contribution in [0.4, 0.5) is 14.9 Å². The summed E-state index contributed by atoms with van der Waals surface area (Å²) in [5.41, 5.74) is 4.14. The average Bonchev–Trinajstić information content (AvgIpc) is 2.97. The monoisotopic (exact) mass is 402 g/mol. The standard InChI is InChI=1S/C23H19FN4O2/c1-15-5-6-19(10-20(15)17-9-18(24)13-26-12-17)27-23(29)28-7-8-30-22-4-2-3-16(11-25)21(22)14-28/h2-6,9-10,12-13H,7-8,14H2,1H3,(H,27,29). The van der Waals surface area contributed by atoms with Crippen molar-refractivity contribution in [2.75, 3.05) is 18.5 Å². The van der Waals surface area contributed by atoms with Crippen molar-refractivity contribution < 1.29 is 13.9 Å². The normalized spacial score (nSPS) is 12.9. The van der Waals surface area contributed by atoms with Gasteiger partial charge in [0.25, 0.3) is 0 Å². The number of nitriles is 1. The number of amides is 2. The van der Waals surface area contributed by atoms with Crippen LogP contribution in [-0.4, -0.2) is 29.1 Å². The maximum atomic E-state index is 13.6. The third-order valence-corrected chi connectivity index (χ3v) is 5.01. The highest BCUT2D eigenvalue weighted by Crippen LogP contribution is 2.28. The first-order valence-corrected chi connectivity index (χ1v) is 9.47. The average molecular weight is 402 g/mol. The largest absolute Gasteiger partial charge is 0.491 e. The molecule has 0 bridgehead atoms. The molecule has 0 spiro atoms. The van der Waals surface area contributed by atoms with Crippen LogP contribution in [0.1, 0.15) is 16.7 Å². The zero-order valence-electron chi connectivity index (χ0n) is 16.4. The van der Waals surface area contributed by atoms with Gasteiger partial charge in [0.1, 0.15) is 18.2 Å². The van der Waals surface area contributed by atoms with Crippen molar-refractivity contribution >= 4 is 11.7 Å². The molecule has 150 valence electrons. The number of rotatable bonds is 2. The summed E-state index contributed by atoms with van der Waals surface area (Å²) in [6.45, 7) is 2.91. The topological polar surface area (TPSA) is 78.3 Å². The number of benzene rings is 2. The van der Waals surface area contributed by atoms with E-state index in [4.69, 9.17) is 4.74 Å². The lowest BCUT2D eigenvalue weighted by atomic mass is 10.0. The number of anilines is 1. The Kier molecular flexibility index (Phi) is 5.31. The van der Waals surface area contributed by atoms with Gasteiger partial charge in [0, 0.05) is 23.0 Å². The van der Waals surface area contributed by atoms with E-state index in [9.17, 15) is 14.4 Å². The second-order valence-corrected chi connectivity index (χ2v) is 7.02. The van der Waals surface area contributed by atoms with Crippen molar-refractivity contribution in [2.45, 2.75) is 13.5 Å². The number of carbonyl (C=O) groups excluding carboxylic acids is 1. The van der Waals surface area contributed by atoms with Gasteiger partial charge in [-0.2, -0.15) is 5.26 Å². The van der Waals surface area contributed by atoms with Crippen LogP contribution in [0, 0.1) is 24.1 Å². The van der Waals surface area contributed by atoms with Gasteiger partial charge in [-0.05, 0) is 48.4 Å². The minimum absolute atomic E-state index is 0.275. The van der Waals surface area contributed by atoms with Crippen molar-refractivity contribution in [3.05, 3.63) is 77.4 Å². The van der Waals surface area contributed by atoms with Crippen LogP contribution < -0.4 is 10.1 Å². The fourth-order valence-electron chi connectivity index (χ4n) is 3.45. The van der Waals surface area contributed by atoms with E-state index < -0.39 is 5.82 Å². The molecule has 0 atom stereocenters. The second kappa shape index (κ2) is 8.21. The van der Waals surface area contributed by atoms with Crippen LogP contribution in [0.3, 0.4) is 0 Å². The number of hydrogen-bond donors (Lipinski definition) is 1. The van der Waals surface area contributed by atoms with Gasteiger partial charge < -0.3 is 15.0 Å². The molecule has 1 aliphatic heterocycles. The molecule has 0 fully saturated rings. The summed E-state index contributed by atoms with van der Waals surface area (Å²) in [6.07, 6.45) is 2.74. The number of hydrogen-bond acceptors (Lipinski definition) is 4. The van der Waals surface area contributed by atoms with Crippen LogP contribution >= 0.6 is 0 Å². The van der Waals surface area contributed by atoms with Crippen molar-refractivity contribution in [2.24, 2.45) is 0 Å². The molecule has 0 radical (unpaired) electrons. The highest BCUT2D eigenvalue weighted by molar-refractivity contribution is 5.90. The number of urea groups is 1. The van der Waals surface area contributed by atoms with Gasteiger partial charge in [0.15, 0.2) is 0 Å². The molecule has 2 amide bonds. The van der Waals surface area contributed by atoms with Crippen LogP contribution in [0.5, 0.6) is 5.75 Å². The molecule has 0 unspecified atom stereocenters. The molecule has 3 aromatic rings. The molecule has 1 aromatic heterocycles. The third kappa shape index (κ3) is 3.94. The second-order valence-electron chi connectivity index (χ2n) is 7.02. The van der Waals surface area contributed by atoms with Crippen LogP contribution in [-0.2, 0) is 6.54 Å². The number of aryl methyl sites for hydroxylation is 1. The molecule has 4 rings (SSSR count). The Morgan fingerprint density at radius 3 is 2.93 bits per heavy atom. The Balaban J connectivity index is 1.57. The number of halogens is 1. The first-order chi connectivity index (χ1) is 14.5. The molecule has 2 aromatic carbocycles. The Hall–Kier alpha value is -3.92. The summed E-state index contributed by atoms with van der Waals surface area (Å²) in [5, 5.41) is 12.3. The van der Waals surface area contributed by atoms with Crippen molar-refractivity contribution in [3.63, 3.8) is 0 Å². The number of fused-ring (bicyclic) bond motifs is 1. The van der Waals surface area contributed by atoms with Gasteiger partial charge in [-0.15, -0.1) is 0 Å². The first kappa shape index (κ1) is 19.4.